The quantitative estimate of drug-likeness (QED) is 0.746. The lowest BCUT2D eigenvalue weighted by molar-refractivity contribution is 0.161. The second-order valence-electron chi connectivity index (χ2n) is 4.32. The highest BCUT2D eigenvalue weighted by atomic mass is 16.5. The molecule has 1 rings (SSSR count). The van der Waals surface area contributed by atoms with Gasteiger partial charge in [0.1, 0.15) is 11.5 Å². The van der Waals surface area contributed by atoms with Gasteiger partial charge in [-0.15, -0.1) is 0 Å². The maximum Gasteiger partial charge on any atom is 0.123 e. The highest BCUT2D eigenvalue weighted by Gasteiger charge is 2.08. The van der Waals surface area contributed by atoms with Crippen molar-refractivity contribution in [2.45, 2.75) is 32.4 Å². The maximum absolute atomic E-state index is 9.84. The Hall–Kier alpha value is -1.26. The fourth-order valence-corrected chi connectivity index (χ4v) is 1.87. The summed E-state index contributed by atoms with van der Waals surface area (Å²) >= 11 is 0. The summed E-state index contributed by atoms with van der Waals surface area (Å²) in [5, 5.41) is 13.2. The zero-order chi connectivity index (χ0) is 13.4. The largest absolute Gasteiger partial charge is 0.507 e. The van der Waals surface area contributed by atoms with Gasteiger partial charge in [-0.3, -0.25) is 0 Å². The molecule has 0 saturated heterocycles. The van der Waals surface area contributed by atoms with Crippen LogP contribution in [0.3, 0.4) is 0 Å². The highest BCUT2D eigenvalue weighted by molar-refractivity contribution is 5.39. The minimum absolute atomic E-state index is 0.259. The predicted octanol–water partition coefficient (Wildman–Crippen LogP) is 2.31. The Morgan fingerprint density at radius 3 is 2.67 bits per heavy atom. The average Bonchev–Trinajstić information content (AvgIpc) is 2.37. The van der Waals surface area contributed by atoms with Crippen LogP contribution in [0.4, 0.5) is 0 Å². The molecule has 0 spiro atoms. The van der Waals surface area contributed by atoms with Gasteiger partial charge < -0.3 is 19.9 Å². The first-order chi connectivity index (χ1) is 8.71. The third-order valence-corrected chi connectivity index (χ3v) is 2.88. The van der Waals surface area contributed by atoms with Crippen LogP contribution in [0, 0.1) is 0 Å². The molecule has 0 fully saturated rings. The predicted molar refractivity (Wildman–Crippen MR) is 72.1 cm³/mol. The topological polar surface area (TPSA) is 50.7 Å². The Bertz CT molecular complexity index is 349. The first-order valence-corrected chi connectivity index (χ1v) is 6.29. The summed E-state index contributed by atoms with van der Waals surface area (Å²) in [6.07, 6.45) is 2.17. The molecule has 0 bridgehead atoms. The maximum atomic E-state index is 9.84. The number of benzene rings is 1. The number of rotatable bonds is 8. The van der Waals surface area contributed by atoms with Crippen molar-refractivity contribution in [1.82, 2.24) is 5.32 Å². The number of hydrogen-bond acceptors (Lipinski definition) is 4. The minimum atomic E-state index is 0.259. The van der Waals surface area contributed by atoms with Crippen LogP contribution in [0.5, 0.6) is 11.5 Å². The molecule has 0 aromatic heterocycles. The van der Waals surface area contributed by atoms with Crippen LogP contribution in [-0.2, 0) is 11.3 Å². The lowest BCUT2D eigenvalue weighted by atomic mass is 10.1. The number of methoxy groups -OCH3 is 2. The van der Waals surface area contributed by atoms with Crippen molar-refractivity contribution in [2.75, 3.05) is 20.8 Å². The Labute approximate surface area is 109 Å². The van der Waals surface area contributed by atoms with E-state index < -0.39 is 0 Å². The fraction of sp³-hybridized carbons (Fsp3) is 0.571. The molecule has 1 aromatic carbocycles. The molecule has 0 saturated carbocycles. The zero-order valence-corrected chi connectivity index (χ0v) is 11.4. The van der Waals surface area contributed by atoms with Crippen LogP contribution < -0.4 is 10.1 Å². The zero-order valence-electron chi connectivity index (χ0n) is 11.4. The molecule has 0 radical (unpaired) electrons. The van der Waals surface area contributed by atoms with Gasteiger partial charge in [0.15, 0.2) is 0 Å². The van der Waals surface area contributed by atoms with Crippen LogP contribution in [0.2, 0.25) is 0 Å². The third-order valence-electron chi connectivity index (χ3n) is 2.88. The van der Waals surface area contributed by atoms with Crippen LogP contribution in [0.1, 0.15) is 25.3 Å². The molecule has 1 aromatic rings. The lowest BCUT2D eigenvalue weighted by Crippen LogP contribution is -2.32. The standard InChI is InChI=1S/C14H23NO3/c1-4-5-12(10-17-2)15-9-11-6-7-13(18-3)8-14(11)16/h6-8,12,15-16H,4-5,9-10H2,1-3H3. The van der Waals surface area contributed by atoms with Gasteiger partial charge in [0, 0.05) is 31.3 Å². The summed E-state index contributed by atoms with van der Waals surface area (Å²) in [5.41, 5.74) is 0.869. The van der Waals surface area contributed by atoms with Gasteiger partial charge in [0.25, 0.3) is 0 Å². The molecular weight excluding hydrogens is 230 g/mol. The molecular formula is C14H23NO3. The summed E-state index contributed by atoms with van der Waals surface area (Å²) in [6.45, 7) is 3.46. The molecule has 1 atom stereocenters. The summed E-state index contributed by atoms with van der Waals surface area (Å²) in [6, 6.07) is 5.67. The molecule has 0 heterocycles. The molecule has 1 unspecified atom stereocenters. The monoisotopic (exact) mass is 253 g/mol. The molecule has 0 aliphatic heterocycles. The van der Waals surface area contributed by atoms with E-state index in [1.165, 1.54) is 0 Å². The molecule has 4 heteroatoms. The molecule has 102 valence electrons. The van der Waals surface area contributed by atoms with Crippen molar-refractivity contribution in [3.05, 3.63) is 23.8 Å². The van der Waals surface area contributed by atoms with E-state index in [4.69, 9.17) is 9.47 Å². The van der Waals surface area contributed by atoms with Gasteiger partial charge in [0.2, 0.25) is 0 Å². The van der Waals surface area contributed by atoms with Gasteiger partial charge >= 0.3 is 0 Å². The summed E-state index contributed by atoms with van der Waals surface area (Å²) < 4.78 is 10.2. The third kappa shape index (κ3) is 4.55. The van der Waals surface area contributed by atoms with Crippen LogP contribution in [0.25, 0.3) is 0 Å². The Morgan fingerprint density at radius 2 is 2.11 bits per heavy atom. The van der Waals surface area contributed by atoms with Crippen molar-refractivity contribution in [3.8, 4) is 11.5 Å². The normalized spacial score (nSPS) is 12.4. The summed E-state index contributed by atoms with van der Waals surface area (Å²) in [7, 11) is 3.29. The summed E-state index contributed by atoms with van der Waals surface area (Å²) in [5.74, 6) is 0.924. The van der Waals surface area contributed by atoms with E-state index in [0.29, 0.717) is 24.9 Å². The highest BCUT2D eigenvalue weighted by Crippen LogP contribution is 2.23. The van der Waals surface area contributed by atoms with Crippen LogP contribution in [0.15, 0.2) is 18.2 Å². The number of phenols is 1. The first kappa shape index (κ1) is 14.8. The first-order valence-electron chi connectivity index (χ1n) is 6.29. The van der Waals surface area contributed by atoms with Crippen molar-refractivity contribution in [1.29, 1.82) is 0 Å². The average molecular weight is 253 g/mol. The molecule has 2 N–H and O–H groups in total. The fourth-order valence-electron chi connectivity index (χ4n) is 1.87. The van der Waals surface area contributed by atoms with Crippen molar-refractivity contribution < 1.29 is 14.6 Å². The van der Waals surface area contributed by atoms with E-state index in [-0.39, 0.29) is 5.75 Å². The Kier molecular flexibility index (Phi) is 6.54. The van der Waals surface area contributed by atoms with Gasteiger partial charge in [-0.1, -0.05) is 19.4 Å². The second-order valence-corrected chi connectivity index (χ2v) is 4.32. The number of phenolic OH excluding ortho intramolecular Hbond substituents is 1. The van der Waals surface area contributed by atoms with Crippen LogP contribution in [-0.4, -0.2) is 32.0 Å². The molecule has 0 amide bonds. The van der Waals surface area contributed by atoms with E-state index in [9.17, 15) is 5.11 Å². The molecule has 0 aliphatic rings. The Balaban J connectivity index is 2.55. The van der Waals surface area contributed by atoms with Crippen molar-refractivity contribution >= 4 is 0 Å². The second kappa shape index (κ2) is 7.95. The molecule has 18 heavy (non-hydrogen) atoms. The number of aromatic hydroxyl groups is 1. The van der Waals surface area contributed by atoms with Crippen LogP contribution >= 0.6 is 0 Å². The SMILES string of the molecule is CCCC(COC)NCc1ccc(OC)cc1O. The van der Waals surface area contributed by atoms with E-state index >= 15 is 0 Å². The van der Waals surface area contributed by atoms with Gasteiger partial charge in [0.05, 0.1) is 13.7 Å². The number of nitrogens with one attached hydrogen (secondary N) is 1. The van der Waals surface area contributed by atoms with E-state index in [0.717, 1.165) is 18.4 Å². The van der Waals surface area contributed by atoms with Crippen molar-refractivity contribution in [2.24, 2.45) is 0 Å². The lowest BCUT2D eigenvalue weighted by Gasteiger charge is -2.17. The van der Waals surface area contributed by atoms with E-state index in [1.54, 1.807) is 20.3 Å². The summed E-state index contributed by atoms with van der Waals surface area (Å²) in [4.78, 5) is 0. The van der Waals surface area contributed by atoms with Crippen molar-refractivity contribution in [3.63, 3.8) is 0 Å². The smallest absolute Gasteiger partial charge is 0.123 e. The minimum Gasteiger partial charge on any atom is -0.507 e. The van der Waals surface area contributed by atoms with E-state index in [2.05, 4.69) is 12.2 Å². The number of ether oxygens (including phenoxy) is 2. The number of hydrogen-bond donors (Lipinski definition) is 2. The Morgan fingerprint density at radius 1 is 1.33 bits per heavy atom. The van der Waals surface area contributed by atoms with Gasteiger partial charge in [-0.05, 0) is 12.5 Å². The van der Waals surface area contributed by atoms with Gasteiger partial charge in [-0.2, -0.15) is 0 Å². The molecule has 4 nitrogen and oxygen atoms in total. The van der Waals surface area contributed by atoms with Gasteiger partial charge in [-0.25, -0.2) is 0 Å². The molecule has 0 aliphatic carbocycles. The van der Waals surface area contributed by atoms with E-state index in [1.807, 2.05) is 12.1 Å².